The normalized spacial score (nSPS) is 20.4. The summed E-state index contributed by atoms with van der Waals surface area (Å²) in [6.07, 6.45) is 7.01. The van der Waals surface area contributed by atoms with Crippen LogP contribution in [0.1, 0.15) is 52.4 Å². The fourth-order valence-corrected chi connectivity index (χ4v) is 2.45. The van der Waals surface area contributed by atoms with Crippen molar-refractivity contribution >= 4 is 5.91 Å². The van der Waals surface area contributed by atoms with Crippen LogP contribution in [0.3, 0.4) is 0 Å². The second-order valence-corrected chi connectivity index (χ2v) is 5.41. The molecule has 0 aliphatic heterocycles. The van der Waals surface area contributed by atoms with Crippen molar-refractivity contribution < 1.29 is 9.53 Å². The largest absolute Gasteiger partial charge is 0.385 e. The Hall–Kier alpha value is -0.610. The SMILES string of the molecule is COCCC(C)NC(C)C(=O)NC1CCCCC1. The highest BCUT2D eigenvalue weighted by Gasteiger charge is 2.20. The monoisotopic (exact) mass is 256 g/mol. The summed E-state index contributed by atoms with van der Waals surface area (Å²) in [7, 11) is 1.70. The van der Waals surface area contributed by atoms with Crippen molar-refractivity contribution in [1.29, 1.82) is 0 Å². The van der Waals surface area contributed by atoms with Crippen LogP contribution in [0, 0.1) is 0 Å². The molecular formula is C14H28N2O2. The number of hydrogen-bond acceptors (Lipinski definition) is 3. The number of methoxy groups -OCH3 is 1. The zero-order valence-electron chi connectivity index (χ0n) is 12.0. The van der Waals surface area contributed by atoms with Crippen LogP contribution in [0.2, 0.25) is 0 Å². The predicted molar refractivity (Wildman–Crippen MR) is 73.6 cm³/mol. The molecule has 0 aromatic heterocycles. The van der Waals surface area contributed by atoms with Crippen LogP contribution in [0.15, 0.2) is 0 Å². The maximum Gasteiger partial charge on any atom is 0.237 e. The highest BCUT2D eigenvalue weighted by Crippen LogP contribution is 2.17. The molecule has 0 radical (unpaired) electrons. The summed E-state index contributed by atoms with van der Waals surface area (Å²) in [5.74, 6) is 0.131. The van der Waals surface area contributed by atoms with Crippen LogP contribution in [-0.4, -0.2) is 37.7 Å². The Kier molecular flexibility index (Phi) is 7.28. The van der Waals surface area contributed by atoms with Gasteiger partial charge in [-0.3, -0.25) is 4.79 Å². The molecule has 18 heavy (non-hydrogen) atoms. The Bertz CT molecular complexity index is 240. The third-order valence-corrected chi connectivity index (χ3v) is 3.63. The molecule has 0 heterocycles. The van der Waals surface area contributed by atoms with Gasteiger partial charge in [0.05, 0.1) is 6.04 Å². The number of ether oxygens (including phenoxy) is 1. The first-order valence-corrected chi connectivity index (χ1v) is 7.19. The van der Waals surface area contributed by atoms with E-state index in [1.54, 1.807) is 7.11 Å². The van der Waals surface area contributed by atoms with E-state index in [-0.39, 0.29) is 11.9 Å². The van der Waals surface area contributed by atoms with Gasteiger partial charge in [0.15, 0.2) is 0 Å². The van der Waals surface area contributed by atoms with E-state index >= 15 is 0 Å². The summed E-state index contributed by atoms with van der Waals surface area (Å²) in [4.78, 5) is 12.0. The first-order chi connectivity index (χ1) is 8.63. The van der Waals surface area contributed by atoms with E-state index in [9.17, 15) is 4.79 Å². The minimum Gasteiger partial charge on any atom is -0.385 e. The molecule has 4 nitrogen and oxygen atoms in total. The van der Waals surface area contributed by atoms with E-state index in [4.69, 9.17) is 4.74 Å². The van der Waals surface area contributed by atoms with Gasteiger partial charge in [0, 0.05) is 25.8 Å². The van der Waals surface area contributed by atoms with Gasteiger partial charge in [-0.2, -0.15) is 0 Å². The summed E-state index contributed by atoms with van der Waals surface area (Å²) in [6.45, 7) is 4.75. The van der Waals surface area contributed by atoms with Crippen LogP contribution in [0.5, 0.6) is 0 Å². The van der Waals surface area contributed by atoms with E-state index in [0.29, 0.717) is 12.1 Å². The van der Waals surface area contributed by atoms with Crippen LogP contribution >= 0.6 is 0 Å². The van der Waals surface area contributed by atoms with Gasteiger partial charge in [0.2, 0.25) is 5.91 Å². The number of carbonyl (C=O) groups excluding carboxylic acids is 1. The number of amides is 1. The van der Waals surface area contributed by atoms with Gasteiger partial charge in [-0.25, -0.2) is 0 Å². The molecule has 0 saturated heterocycles. The highest BCUT2D eigenvalue weighted by atomic mass is 16.5. The quantitative estimate of drug-likeness (QED) is 0.731. The second-order valence-electron chi connectivity index (χ2n) is 5.41. The molecule has 0 spiro atoms. The van der Waals surface area contributed by atoms with Gasteiger partial charge in [-0.05, 0) is 33.1 Å². The molecule has 1 saturated carbocycles. The third-order valence-electron chi connectivity index (χ3n) is 3.63. The molecule has 2 N–H and O–H groups in total. The summed E-state index contributed by atoms with van der Waals surface area (Å²) >= 11 is 0. The molecule has 2 unspecified atom stereocenters. The summed E-state index contributed by atoms with van der Waals surface area (Å²) in [5, 5.41) is 6.46. The van der Waals surface area contributed by atoms with Crippen molar-refractivity contribution in [2.75, 3.05) is 13.7 Å². The third kappa shape index (κ3) is 5.83. The molecule has 106 valence electrons. The van der Waals surface area contributed by atoms with Crippen LogP contribution < -0.4 is 10.6 Å². The molecule has 2 atom stereocenters. The fourth-order valence-electron chi connectivity index (χ4n) is 2.45. The molecule has 0 bridgehead atoms. The van der Waals surface area contributed by atoms with E-state index in [2.05, 4.69) is 17.6 Å². The highest BCUT2D eigenvalue weighted by molar-refractivity contribution is 5.81. The number of hydrogen-bond donors (Lipinski definition) is 2. The smallest absolute Gasteiger partial charge is 0.237 e. The molecule has 1 fully saturated rings. The zero-order valence-corrected chi connectivity index (χ0v) is 12.0. The standard InChI is InChI=1S/C14H28N2O2/c1-11(9-10-18-3)15-12(2)14(17)16-13-7-5-4-6-8-13/h11-13,15H,4-10H2,1-3H3,(H,16,17). The van der Waals surface area contributed by atoms with Gasteiger partial charge in [0.1, 0.15) is 0 Å². The maximum atomic E-state index is 12.0. The predicted octanol–water partition coefficient (Wildman–Crippen LogP) is 1.84. The van der Waals surface area contributed by atoms with Gasteiger partial charge < -0.3 is 15.4 Å². The van der Waals surface area contributed by atoms with Crippen LogP contribution in [-0.2, 0) is 9.53 Å². The Morgan fingerprint density at radius 2 is 1.94 bits per heavy atom. The van der Waals surface area contributed by atoms with Crippen LogP contribution in [0.4, 0.5) is 0 Å². The van der Waals surface area contributed by atoms with Gasteiger partial charge in [-0.15, -0.1) is 0 Å². The Morgan fingerprint density at radius 1 is 1.28 bits per heavy atom. The second kappa shape index (κ2) is 8.48. The lowest BCUT2D eigenvalue weighted by molar-refractivity contribution is -0.123. The fraction of sp³-hybridized carbons (Fsp3) is 0.929. The molecule has 1 amide bonds. The average molecular weight is 256 g/mol. The first-order valence-electron chi connectivity index (χ1n) is 7.19. The topological polar surface area (TPSA) is 50.4 Å². The molecule has 1 rings (SSSR count). The first kappa shape index (κ1) is 15.4. The van der Waals surface area contributed by atoms with Crippen molar-refractivity contribution in [2.45, 2.75) is 70.5 Å². The van der Waals surface area contributed by atoms with Crippen molar-refractivity contribution in [3.63, 3.8) is 0 Å². The summed E-state index contributed by atoms with van der Waals surface area (Å²) in [6, 6.07) is 0.570. The van der Waals surface area contributed by atoms with Crippen LogP contribution in [0.25, 0.3) is 0 Å². The average Bonchev–Trinajstić information content (AvgIpc) is 2.37. The summed E-state index contributed by atoms with van der Waals surface area (Å²) in [5.41, 5.74) is 0. The lowest BCUT2D eigenvalue weighted by Gasteiger charge is -2.26. The van der Waals surface area contributed by atoms with Gasteiger partial charge in [-0.1, -0.05) is 19.3 Å². The number of nitrogens with one attached hydrogen (secondary N) is 2. The number of carbonyl (C=O) groups is 1. The molecular weight excluding hydrogens is 228 g/mol. The van der Waals surface area contributed by atoms with E-state index in [1.165, 1.54) is 19.3 Å². The number of rotatable bonds is 7. The Balaban J connectivity index is 2.22. The molecule has 4 heteroatoms. The van der Waals surface area contributed by atoms with E-state index in [1.807, 2.05) is 6.92 Å². The molecule has 0 aromatic rings. The lowest BCUT2D eigenvalue weighted by Crippen LogP contribution is -2.49. The lowest BCUT2D eigenvalue weighted by atomic mass is 9.95. The summed E-state index contributed by atoms with van der Waals surface area (Å²) < 4.78 is 5.04. The molecule has 1 aliphatic rings. The van der Waals surface area contributed by atoms with Gasteiger partial charge >= 0.3 is 0 Å². The zero-order chi connectivity index (χ0) is 13.4. The van der Waals surface area contributed by atoms with Crippen molar-refractivity contribution in [3.05, 3.63) is 0 Å². The maximum absolute atomic E-state index is 12.0. The Labute approximate surface area is 111 Å². The van der Waals surface area contributed by atoms with E-state index in [0.717, 1.165) is 25.9 Å². The minimum atomic E-state index is -0.126. The molecule has 0 aromatic carbocycles. The molecule has 1 aliphatic carbocycles. The Morgan fingerprint density at radius 3 is 2.56 bits per heavy atom. The van der Waals surface area contributed by atoms with Crippen molar-refractivity contribution in [1.82, 2.24) is 10.6 Å². The van der Waals surface area contributed by atoms with E-state index < -0.39 is 0 Å². The minimum absolute atomic E-state index is 0.126. The van der Waals surface area contributed by atoms with Crippen molar-refractivity contribution in [3.8, 4) is 0 Å². The van der Waals surface area contributed by atoms with Gasteiger partial charge in [0.25, 0.3) is 0 Å². The van der Waals surface area contributed by atoms with Crippen molar-refractivity contribution in [2.24, 2.45) is 0 Å².